The average molecular weight is 344 g/mol. The van der Waals surface area contributed by atoms with E-state index in [9.17, 15) is 13.6 Å². The fraction of sp³-hybridized carbons (Fsp3) is 0.111. The van der Waals surface area contributed by atoms with E-state index in [4.69, 9.17) is 4.42 Å². The normalized spacial score (nSPS) is 10.5. The molecular weight excluding hydrogens is 328 g/mol. The first-order valence-corrected chi connectivity index (χ1v) is 7.61. The summed E-state index contributed by atoms with van der Waals surface area (Å²) in [4.78, 5) is 16.9. The second-order valence-electron chi connectivity index (χ2n) is 5.37. The van der Waals surface area contributed by atoms with Crippen LogP contribution in [-0.4, -0.2) is 10.9 Å². The van der Waals surface area contributed by atoms with Crippen LogP contribution in [0.1, 0.15) is 11.3 Å². The lowest BCUT2D eigenvalue weighted by Crippen LogP contribution is -2.34. The number of hydrogen-bond donors (Lipinski definition) is 1. The molecule has 128 valence electrons. The van der Waals surface area contributed by atoms with Crippen LogP contribution in [0.5, 0.6) is 0 Å². The van der Waals surface area contributed by atoms with Crippen LogP contribution in [0, 0.1) is 11.6 Å². The lowest BCUT2D eigenvalue weighted by atomic mass is 10.2. The molecule has 0 radical (unpaired) electrons. The third-order valence-electron chi connectivity index (χ3n) is 3.55. The standard InChI is InChI=1S/C18H15F2N3O2/c19-15-6-1-7-16(20)17(15)22-18(24)23(12-14-5-3-9-25-14)11-13-4-2-8-21-10-13/h1-10H,11-12H2,(H,22,24)/p+1. The van der Waals surface area contributed by atoms with Gasteiger partial charge in [-0.1, -0.05) is 6.07 Å². The monoisotopic (exact) mass is 344 g/mol. The summed E-state index contributed by atoms with van der Waals surface area (Å²) in [6, 6.07) is 9.84. The minimum absolute atomic E-state index is 0.157. The summed E-state index contributed by atoms with van der Waals surface area (Å²) in [6.45, 7) is 0.393. The molecule has 0 unspecified atom stereocenters. The fourth-order valence-corrected chi connectivity index (χ4v) is 2.34. The van der Waals surface area contributed by atoms with E-state index >= 15 is 0 Å². The van der Waals surface area contributed by atoms with Crippen LogP contribution in [0.15, 0.2) is 65.5 Å². The summed E-state index contributed by atoms with van der Waals surface area (Å²) < 4.78 is 32.8. The van der Waals surface area contributed by atoms with Gasteiger partial charge in [-0.25, -0.2) is 18.6 Å². The van der Waals surface area contributed by atoms with Crippen LogP contribution in [-0.2, 0) is 13.1 Å². The number of nitrogens with one attached hydrogen (secondary N) is 2. The summed E-state index contributed by atoms with van der Waals surface area (Å²) >= 11 is 0. The van der Waals surface area contributed by atoms with Crippen LogP contribution in [0.3, 0.4) is 0 Å². The zero-order chi connectivity index (χ0) is 17.6. The van der Waals surface area contributed by atoms with Gasteiger partial charge in [0, 0.05) is 11.6 Å². The zero-order valence-electron chi connectivity index (χ0n) is 13.2. The number of nitrogens with zero attached hydrogens (tertiary/aromatic N) is 1. The molecule has 5 nitrogen and oxygen atoms in total. The quantitative estimate of drug-likeness (QED) is 0.769. The molecule has 0 saturated heterocycles. The SMILES string of the molecule is O=C(Nc1c(F)cccc1F)N(Cc1ccc[nH+]c1)Cc1ccco1. The molecule has 2 amide bonds. The maximum atomic E-state index is 13.8. The van der Waals surface area contributed by atoms with Gasteiger partial charge in [0.05, 0.1) is 19.4 Å². The van der Waals surface area contributed by atoms with Gasteiger partial charge in [-0.15, -0.1) is 0 Å². The molecule has 25 heavy (non-hydrogen) atoms. The Morgan fingerprint density at radius 3 is 2.52 bits per heavy atom. The van der Waals surface area contributed by atoms with Crippen molar-refractivity contribution in [3.63, 3.8) is 0 Å². The molecule has 2 aromatic heterocycles. The predicted octanol–water partition coefficient (Wildman–Crippen LogP) is 3.61. The third kappa shape index (κ3) is 4.20. The van der Waals surface area contributed by atoms with E-state index in [1.54, 1.807) is 30.6 Å². The third-order valence-corrected chi connectivity index (χ3v) is 3.55. The minimum atomic E-state index is -0.834. The van der Waals surface area contributed by atoms with Gasteiger partial charge in [-0.3, -0.25) is 0 Å². The Morgan fingerprint density at radius 2 is 1.88 bits per heavy atom. The van der Waals surface area contributed by atoms with Gasteiger partial charge < -0.3 is 14.6 Å². The number of halogens is 2. The molecule has 0 saturated carbocycles. The molecule has 0 atom stereocenters. The number of aromatic amines is 1. The molecular formula is C18H16F2N3O2+. The first-order valence-electron chi connectivity index (χ1n) is 7.61. The number of anilines is 1. The second kappa shape index (κ2) is 7.57. The van der Waals surface area contributed by atoms with Crippen molar-refractivity contribution < 1.29 is 23.0 Å². The smallest absolute Gasteiger partial charge is 0.322 e. The fourth-order valence-electron chi connectivity index (χ4n) is 2.34. The molecule has 2 heterocycles. The number of carbonyl (C=O) groups excluding carboxylic acids is 1. The Kier molecular flexibility index (Phi) is 5.03. The number of benzene rings is 1. The minimum Gasteiger partial charge on any atom is -0.467 e. The number of pyridine rings is 1. The zero-order valence-corrected chi connectivity index (χ0v) is 13.2. The van der Waals surface area contributed by atoms with E-state index in [0.29, 0.717) is 5.76 Å². The lowest BCUT2D eigenvalue weighted by Gasteiger charge is -2.22. The summed E-state index contributed by atoms with van der Waals surface area (Å²) in [7, 11) is 0. The predicted molar refractivity (Wildman–Crippen MR) is 86.3 cm³/mol. The first kappa shape index (κ1) is 16.6. The number of amides is 2. The number of aromatic nitrogens is 1. The Hall–Kier alpha value is -3.22. The first-order chi connectivity index (χ1) is 12.1. The van der Waals surface area contributed by atoms with E-state index in [2.05, 4.69) is 10.3 Å². The van der Waals surface area contributed by atoms with E-state index in [1.807, 2.05) is 6.07 Å². The molecule has 3 rings (SSSR count). The second-order valence-corrected chi connectivity index (χ2v) is 5.37. The van der Waals surface area contributed by atoms with Crippen LogP contribution in [0.25, 0.3) is 0 Å². The number of furan rings is 1. The molecule has 0 aliphatic heterocycles. The summed E-state index contributed by atoms with van der Waals surface area (Å²) in [6.07, 6.45) is 4.99. The van der Waals surface area contributed by atoms with Crippen LogP contribution in [0.4, 0.5) is 19.3 Å². The van der Waals surface area contributed by atoms with Gasteiger partial charge in [-0.05, 0) is 30.3 Å². The van der Waals surface area contributed by atoms with Crippen molar-refractivity contribution in [2.75, 3.05) is 5.32 Å². The van der Waals surface area contributed by atoms with E-state index < -0.39 is 23.4 Å². The number of H-pyrrole nitrogens is 1. The Labute approximate surface area is 142 Å². The van der Waals surface area contributed by atoms with Crippen LogP contribution >= 0.6 is 0 Å². The molecule has 0 spiro atoms. The largest absolute Gasteiger partial charge is 0.467 e. The molecule has 0 aliphatic carbocycles. The molecule has 0 bridgehead atoms. The number of para-hydroxylation sites is 1. The van der Waals surface area contributed by atoms with Crippen LogP contribution < -0.4 is 10.3 Å². The Balaban J connectivity index is 1.81. The van der Waals surface area contributed by atoms with Gasteiger partial charge in [-0.2, -0.15) is 0 Å². The molecule has 7 heteroatoms. The van der Waals surface area contributed by atoms with Crippen molar-refractivity contribution in [1.82, 2.24) is 4.90 Å². The molecule has 0 aliphatic rings. The maximum absolute atomic E-state index is 13.8. The lowest BCUT2D eigenvalue weighted by molar-refractivity contribution is -0.378. The molecule has 3 aromatic rings. The van der Waals surface area contributed by atoms with Crippen molar-refractivity contribution >= 4 is 11.7 Å². The van der Waals surface area contributed by atoms with E-state index in [-0.39, 0.29) is 13.1 Å². The summed E-state index contributed by atoms with van der Waals surface area (Å²) in [5.41, 5.74) is 0.356. The van der Waals surface area contributed by atoms with Gasteiger partial charge in [0.25, 0.3) is 0 Å². The van der Waals surface area contributed by atoms with E-state index in [0.717, 1.165) is 17.7 Å². The van der Waals surface area contributed by atoms with Crippen molar-refractivity contribution in [2.24, 2.45) is 0 Å². The van der Waals surface area contributed by atoms with Crippen molar-refractivity contribution in [3.8, 4) is 0 Å². The average Bonchev–Trinajstić information content (AvgIpc) is 3.11. The van der Waals surface area contributed by atoms with Crippen molar-refractivity contribution in [2.45, 2.75) is 13.1 Å². The highest BCUT2D eigenvalue weighted by molar-refractivity contribution is 5.89. The number of urea groups is 1. The number of rotatable bonds is 5. The van der Waals surface area contributed by atoms with Crippen LogP contribution in [0.2, 0.25) is 0 Å². The maximum Gasteiger partial charge on any atom is 0.322 e. The summed E-state index contributed by atoms with van der Waals surface area (Å²) in [5, 5.41) is 2.30. The Morgan fingerprint density at radius 1 is 1.08 bits per heavy atom. The summed E-state index contributed by atoms with van der Waals surface area (Å²) in [5.74, 6) is -1.11. The highest BCUT2D eigenvalue weighted by Crippen LogP contribution is 2.19. The topological polar surface area (TPSA) is 59.6 Å². The van der Waals surface area contributed by atoms with Gasteiger partial charge in [0.2, 0.25) is 0 Å². The number of hydrogen-bond acceptors (Lipinski definition) is 2. The molecule has 2 N–H and O–H groups in total. The van der Waals surface area contributed by atoms with E-state index in [1.165, 1.54) is 17.2 Å². The van der Waals surface area contributed by atoms with Crippen molar-refractivity contribution in [1.29, 1.82) is 0 Å². The number of carbonyl (C=O) groups is 1. The van der Waals surface area contributed by atoms with Crippen molar-refractivity contribution in [3.05, 3.63) is 84.1 Å². The highest BCUT2D eigenvalue weighted by atomic mass is 19.1. The highest BCUT2D eigenvalue weighted by Gasteiger charge is 2.20. The van der Waals surface area contributed by atoms with Gasteiger partial charge >= 0.3 is 6.03 Å². The Bertz CT molecular complexity index is 819. The molecule has 0 fully saturated rings. The van der Waals surface area contributed by atoms with Gasteiger partial charge in [0.15, 0.2) is 12.4 Å². The van der Waals surface area contributed by atoms with Gasteiger partial charge in [0.1, 0.15) is 23.1 Å². The molecule has 1 aromatic carbocycles.